The van der Waals surface area contributed by atoms with Gasteiger partial charge in [-0.2, -0.15) is 0 Å². The van der Waals surface area contributed by atoms with E-state index in [1.54, 1.807) is 26.2 Å². The highest BCUT2D eigenvalue weighted by Crippen LogP contribution is 2.26. The quantitative estimate of drug-likeness (QED) is 0.618. The van der Waals surface area contributed by atoms with Crippen molar-refractivity contribution in [2.24, 2.45) is 0 Å². The first-order valence-corrected chi connectivity index (χ1v) is 8.90. The Balaban J connectivity index is 1.84. The molecule has 1 heterocycles. The van der Waals surface area contributed by atoms with Crippen molar-refractivity contribution in [2.75, 3.05) is 24.4 Å². The molecule has 0 unspecified atom stereocenters. The molecule has 28 heavy (non-hydrogen) atoms. The maximum atomic E-state index is 11.9. The molecule has 3 rings (SSSR count). The number of methoxy groups -OCH3 is 1. The number of carbonyl (C=O) groups excluding carboxylic acids is 1. The summed E-state index contributed by atoms with van der Waals surface area (Å²) < 4.78 is 15.4. The van der Waals surface area contributed by atoms with Crippen LogP contribution in [0.5, 0.6) is 5.75 Å². The average molecular weight is 382 g/mol. The number of anilines is 2. The lowest BCUT2D eigenvalue weighted by Crippen LogP contribution is -2.14. The van der Waals surface area contributed by atoms with Gasteiger partial charge in [0.05, 0.1) is 13.7 Å². The fourth-order valence-corrected chi connectivity index (χ4v) is 2.91. The summed E-state index contributed by atoms with van der Waals surface area (Å²) in [5.41, 5.74) is 3.21. The van der Waals surface area contributed by atoms with Gasteiger partial charge < -0.3 is 19.2 Å². The molecule has 3 aromatic rings. The molecular formula is C21H22N2O5. The van der Waals surface area contributed by atoms with Gasteiger partial charge in [-0.3, -0.25) is 5.32 Å². The van der Waals surface area contributed by atoms with Crippen molar-refractivity contribution in [1.29, 1.82) is 0 Å². The van der Waals surface area contributed by atoms with Gasteiger partial charge in [-0.05, 0) is 49.2 Å². The SMILES string of the molecule is CCOC(=O)Nc1cccc(NCc2cc(=O)oc3cc(OC)ccc23)c1C. The normalized spacial score (nSPS) is 10.5. The minimum absolute atomic E-state index is 0.303. The van der Waals surface area contributed by atoms with E-state index in [0.29, 0.717) is 30.2 Å². The number of nitrogens with one attached hydrogen (secondary N) is 2. The highest BCUT2D eigenvalue weighted by atomic mass is 16.5. The number of amides is 1. The Morgan fingerprint density at radius 1 is 1.14 bits per heavy atom. The van der Waals surface area contributed by atoms with Gasteiger partial charge in [-0.15, -0.1) is 0 Å². The number of fused-ring (bicyclic) bond motifs is 1. The summed E-state index contributed by atoms with van der Waals surface area (Å²) in [6.45, 7) is 4.36. The molecule has 0 spiro atoms. The topological polar surface area (TPSA) is 89.8 Å². The van der Waals surface area contributed by atoms with Gasteiger partial charge in [0.25, 0.3) is 0 Å². The number of hydrogen-bond donors (Lipinski definition) is 2. The van der Waals surface area contributed by atoms with Gasteiger partial charge in [-0.25, -0.2) is 9.59 Å². The summed E-state index contributed by atoms with van der Waals surface area (Å²) in [6.07, 6.45) is -0.497. The Hall–Kier alpha value is -3.48. The number of rotatable bonds is 6. The highest BCUT2D eigenvalue weighted by Gasteiger charge is 2.10. The molecule has 0 atom stereocenters. The van der Waals surface area contributed by atoms with Crippen LogP contribution in [0.2, 0.25) is 0 Å². The molecule has 0 aliphatic rings. The predicted molar refractivity (Wildman–Crippen MR) is 108 cm³/mol. The maximum absolute atomic E-state index is 11.9. The molecule has 7 nitrogen and oxygen atoms in total. The molecule has 2 N–H and O–H groups in total. The standard InChI is InChI=1S/C21H22N2O5/c1-4-27-21(25)23-18-7-5-6-17(13(18)2)22-12-14-10-20(24)28-19-11-15(26-3)8-9-16(14)19/h5-11,22H,4,12H2,1-3H3,(H,23,25). The lowest BCUT2D eigenvalue weighted by molar-refractivity contribution is 0.168. The van der Waals surface area contributed by atoms with Gasteiger partial charge in [0, 0.05) is 35.4 Å². The molecule has 146 valence electrons. The average Bonchev–Trinajstić information content (AvgIpc) is 2.68. The third-order valence-corrected chi connectivity index (χ3v) is 4.35. The first-order valence-electron chi connectivity index (χ1n) is 8.90. The molecule has 1 amide bonds. The van der Waals surface area contributed by atoms with E-state index >= 15 is 0 Å². The van der Waals surface area contributed by atoms with Crippen LogP contribution in [0.3, 0.4) is 0 Å². The number of carbonyl (C=O) groups is 1. The molecule has 0 bridgehead atoms. The lowest BCUT2D eigenvalue weighted by atomic mass is 10.1. The van der Waals surface area contributed by atoms with E-state index in [2.05, 4.69) is 10.6 Å². The van der Waals surface area contributed by atoms with Crippen LogP contribution in [-0.2, 0) is 11.3 Å². The summed E-state index contributed by atoms with van der Waals surface area (Å²) in [5, 5.41) is 6.87. The van der Waals surface area contributed by atoms with Crippen molar-refractivity contribution in [3.05, 3.63) is 64.0 Å². The Bertz CT molecular complexity index is 1060. The molecule has 0 fully saturated rings. The van der Waals surface area contributed by atoms with Crippen LogP contribution < -0.4 is 21.0 Å². The summed E-state index contributed by atoms with van der Waals surface area (Å²) in [7, 11) is 1.56. The van der Waals surface area contributed by atoms with Crippen LogP contribution in [0.15, 0.2) is 51.7 Å². The molecule has 0 saturated heterocycles. The smallest absolute Gasteiger partial charge is 0.411 e. The second-order valence-corrected chi connectivity index (χ2v) is 6.13. The zero-order valence-electron chi connectivity index (χ0n) is 16.0. The van der Waals surface area contributed by atoms with Crippen molar-refractivity contribution >= 4 is 28.4 Å². The van der Waals surface area contributed by atoms with E-state index in [1.807, 2.05) is 31.2 Å². The van der Waals surface area contributed by atoms with E-state index in [1.165, 1.54) is 6.07 Å². The number of hydrogen-bond acceptors (Lipinski definition) is 6. The summed E-state index contributed by atoms with van der Waals surface area (Å²) in [5.74, 6) is 0.620. The van der Waals surface area contributed by atoms with Gasteiger partial charge in [0.15, 0.2) is 0 Å². The Morgan fingerprint density at radius 2 is 1.93 bits per heavy atom. The van der Waals surface area contributed by atoms with Gasteiger partial charge in [0.1, 0.15) is 11.3 Å². The van der Waals surface area contributed by atoms with E-state index < -0.39 is 11.7 Å². The monoisotopic (exact) mass is 382 g/mol. The Kier molecular flexibility index (Phi) is 5.84. The fourth-order valence-electron chi connectivity index (χ4n) is 2.91. The molecule has 0 saturated carbocycles. The first kappa shape index (κ1) is 19.3. The zero-order valence-corrected chi connectivity index (χ0v) is 16.0. The summed E-state index contributed by atoms with van der Waals surface area (Å²) in [6, 6.07) is 12.4. The highest BCUT2D eigenvalue weighted by molar-refractivity contribution is 5.87. The zero-order chi connectivity index (χ0) is 20.1. The molecule has 7 heteroatoms. The minimum atomic E-state index is -0.497. The van der Waals surface area contributed by atoms with Crippen molar-refractivity contribution in [1.82, 2.24) is 0 Å². The van der Waals surface area contributed by atoms with Gasteiger partial charge in [-0.1, -0.05) is 6.07 Å². The van der Waals surface area contributed by atoms with Crippen LogP contribution in [0.1, 0.15) is 18.1 Å². The number of benzene rings is 2. The van der Waals surface area contributed by atoms with Crippen molar-refractivity contribution in [3.63, 3.8) is 0 Å². The molecule has 0 radical (unpaired) electrons. The Morgan fingerprint density at radius 3 is 2.68 bits per heavy atom. The molecule has 1 aromatic heterocycles. The van der Waals surface area contributed by atoms with E-state index in [4.69, 9.17) is 13.9 Å². The first-order chi connectivity index (χ1) is 13.5. The van der Waals surface area contributed by atoms with E-state index in [-0.39, 0.29) is 0 Å². The van der Waals surface area contributed by atoms with Crippen LogP contribution >= 0.6 is 0 Å². The van der Waals surface area contributed by atoms with Crippen LogP contribution in [0.25, 0.3) is 11.0 Å². The summed E-state index contributed by atoms with van der Waals surface area (Å²) >= 11 is 0. The second-order valence-electron chi connectivity index (χ2n) is 6.13. The van der Waals surface area contributed by atoms with E-state index in [9.17, 15) is 9.59 Å². The number of ether oxygens (including phenoxy) is 2. The van der Waals surface area contributed by atoms with Crippen LogP contribution in [0, 0.1) is 6.92 Å². The van der Waals surface area contributed by atoms with Crippen LogP contribution in [0.4, 0.5) is 16.2 Å². The maximum Gasteiger partial charge on any atom is 0.411 e. The Labute approximate surface area is 162 Å². The third kappa shape index (κ3) is 4.25. The predicted octanol–water partition coefficient (Wildman–Crippen LogP) is 4.29. The molecular weight excluding hydrogens is 360 g/mol. The van der Waals surface area contributed by atoms with Gasteiger partial charge >= 0.3 is 11.7 Å². The van der Waals surface area contributed by atoms with Gasteiger partial charge in [0.2, 0.25) is 0 Å². The largest absolute Gasteiger partial charge is 0.497 e. The molecule has 0 aliphatic heterocycles. The fraction of sp³-hybridized carbons (Fsp3) is 0.238. The van der Waals surface area contributed by atoms with Crippen LogP contribution in [-0.4, -0.2) is 19.8 Å². The van der Waals surface area contributed by atoms with Crippen molar-refractivity contribution in [2.45, 2.75) is 20.4 Å². The lowest BCUT2D eigenvalue weighted by Gasteiger charge is -2.15. The van der Waals surface area contributed by atoms with Crippen molar-refractivity contribution in [3.8, 4) is 5.75 Å². The second kappa shape index (κ2) is 8.47. The third-order valence-electron chi connectivity index (χ3n) is 4.35. The minimum Gasteiger partial charge on any atom is -0.497 e. The van der Waals surface area contributed by atoms with E-state index in [0.717, 1.165) is 22.2 Å². The summed E-state index contributed by atoms with van der Waals surface area (Å²) in [4.78, 5) is 23.6. The molecule has 2 aromatic carbocycles. The van der Waals surface area contributed by atoms with Crippen molar-refractivity contribution < 1.29 is 18.7 Å². The molecule has 0 aliphatic carbocycles.